The molecule has 1 saturated carbocycles. The zero-order valence-electron chi connectivity index (χ0n) is 26.5. The molecule has 2 aromatic carbocycles. The van der Waals surface area contributed by atoms with Crippen molar-refractivity contribution < 1.29 is 23.4 Å². The highest BCUT2D eigenvalue weighted by molar-refractivity contribution is 6.99. The molecule has 0 spiro atoms. The van der Waals surface area contributed by atoms with Crippen molar-refractivity contribution >= 4 is 18.7 Å². The van der Waals surface area contributed by atoms with Crippen LogP contribution >= 0.6 is 0 Å². The Hall–Kier alpha value is -2.06. The average molecular weight is 593 g/mol. The molecule has 42 heavy (non-hydrogen) atoms. The van der Waals surface area contributed by atoms with E-state index in [1.54, 1.807) is 14.2 Å². The molecular formula is C36H52O5Si. The lowest BCUT2D eigenvalue weighted by molar-refractivity contribution is -0.153. The molecule has 0 radical (unpaired) electrons. The molecule has 1 fully saturated rings. The van der Waals surface area contributed by atoms with Crippen LogP contribution in [0.1, 0.15) is 59.3 Å². The molecule has 4 atom stereocenters. The number of allylic oxidation sites excluding steroid dienone is 2. The molecule has 0 aromatic heterocycles. The number of hydrogen-bond donors (Lipinski definition) is 0. The summed E-state index contributed by atoms with van der Waals surface area (Å²) in [6.07, 6.45) is 10.7. The van der Waals surface area contributed by atoms with E-state index in [1.807, 2.05) is 0 Å². The van der Waals surface area contributed by atoms with Crippen LogP contribution in [0.15, 0.2) is 85.0 Å². The molecule has 0 heterocycles. The first-order valence-electron chi connectivity index (χ1n) is 15.6. The fourth-order valence-electron chi connectivity index (χ4n) is 7.79. The summed E-state index contributed by atoms with van der Waals surface area (Å²) in [6, 6.07) is 21.8. The van der Waals surface area contributed by atoms with E-state index < -0.39 is 8.32 Å². The zero-order chi connectivity index (χ0) is 30.1. The smallest absolute Gasteiger partial charge is 0.261 e. The van der Waals surface area contributed by atoms with E-state index in [9.17, 15) is 0 Å². The van der Waals surface area contributed by atoms with Gasteiger partial charge in [0.25, 0.3) is 8.32 Å². The maximum Gasteiger partial charge on any atom is 0.261 e. The summed E-state index contributed by atoms with van der Waals surface area (Å²) in [6.45, 7) is 13.3. The molecule has 2 aliphatic carbocycles. The Bertz CT molecular complexity index is 1090. The van der Waals surface area contributed by atoms with Crippen molar-refractivity contribution in [1.82, 2.24) is 0 Å². The van der Waals surface area contributed by atoms with E-state index in [0.717, 1.165) is 45.1 Å². The van der Waals surface area contributed by atoms with Crippen LogP contribution in [0.25, 0.3) is 0 Å². The molecule has 0 amide bonds. The number of rotatable bonds is 16. The van der Waals surface area contributed by atoms with Gasteiger partial charge in [0.2, 0.25) is 0 Å². The predicted molar refractivity (Wildman–Crippen MR) is 174 cm³/mol. The summed E-state index contributed by atoms with van der Waals surface area (Å²) in [5.41, 5.74) is 1.46. The summed E-state index contributed by atoms with van der Waals surface area (Å²) in [4.78, 5) is 0. The van der Waals surface area contributed by atoms with Crippen LogP contribution in [0, 0.1) is 17.3 Å². The summed E-state index contributed by atoms with van der Waals surface area (Å²) in [5, 5.41) is 2.63. The van der Waals surface area contributed by atoms with Crippen LogP contribution in [-0.2, 0) is 23.4 Å². The number of methoxy groups -OCH3 is 2. The van der Waals surface area contributed by atoms with Crippen LogP contribution in [0.3, 0.4) is 0 Å². The van der Waals surface area contributed by atoms with Crippen LogP contribution in [0.2, 0.25) is 5.04 Å². The first kappa shape index (κ1) is 32.8. The van der Waals surface area contributed by atoms with Gasteiger partial charge in [-0.05, 0) is 65.8 Å². The summed E-state index contributed by atoms with van der Waals surface area (Å²) in [5.74, 6) is 0.950. The highest BCUT2D eigenvalue weighted by Gasteiger charge is 2.54. The SMILES string of the molecule is C=CCC12C(CCCO[Si](c3ccccc3)(c3ccccc3)C(C)(C)C)=CC[C@@H]1CC(COCOC)CC2OCOC. The summed E-state index contributed by atoms with van der Waals surface area (Å²) >= 11 is 0. The van der Waals surface area contributed by atoms with Gasteiger partial charge < -0.3 is 23.4 Å². The fraction of sp³-hybridized carbons (Fsp3) is 0.556. The normalized spacial score (nSPS) is 24.3. The van der Waals surface area contributed by atoms with Gasteiger partial charge in [0.05, 0.1) is 12.7 Å². The van der Waals surface area contributed by atoms with Gasteiger partial charge in [-0.15, -0.1) is 6.58 Å². The predicted octanol–water partition coefficient (Wildman–Crippen LogP) is 6.87. The lowest BCUT2D eigenvalue weighted by Crippen LogP contribution is -2.66. The van der Waals surface area contributed by atoms with Gasteiger partial charge in [-0.25, -0.2) is 0 Å². The minimum Gasteiger partial charge on any atom is -0.407 e. The van der Waals surface area contributed by atoms with Crippen molar-refractivity contribution in [1.29, 1.82) is 0 Å². The van der Waals surface area contributed by atoms with E-state index >= 15 is 0 Å². The minimum absolute atomic E-state index is 0.0279. The van der Waals surface area contributed by atoms with Crippen molar-refractivity contribution in [2.75, 3.05) is 41.0 Å². The quantitative estimate of drug-likeness (QED) is 0.0921. The Balaban J connectivity index is 1.54. The van der Waals surface area contributed by atoms with Gasteiger partial charge in [-0.3, -0.25) is 0 Å². The summed E-state index contributed by atoms with van der Waals surface area (Å²) < 4.78 is 30.0. The second kappa shape index (κ2) is 15.1. The third-order valence-corrected chi connectivity index (χ3v) is 14.5. The summed E-state index contributed by atoms with van der Waals surface area (Å²) in [7, 11) is 0.822. The van der Waals surface area contributed by atoms with Crippen molar-refractivity contribution in [2.45, 2.75) is 70.4 Å². The Morgan fingerprint density at radius 1 is 0.929 bits per heavy atom. The average Bonchev–Trinajstić information content (AvgIpc) is 3.34. The number of benzene rings is 2. The van der Waals surface area contributed by atoms with E-state index in [4.69, 9.17) is 23.4 Å². The molecule has 0 saturated heterocycles. The van der Waals surface area contributed by atoms with Crippen LogP contribution < -0.4 is 10.4 Å². The third kappa shape index (κ3) is 6.85. The van der Waals surface area contributed by atoms with Crippen LogP contribution in [0.4, 0.5) is 0 Å². The Kier molecular flexibility index (Phi) is 11.8. The minimum atomic E-state index is -2.55. The second-order valence-corrected chi connectivity index (χ2v) is 17.3. The molecule has 5 nitrogen and oxygen atoms in total. The molecule has 230 valence electrons. The Morgan fingerprint density at radius 3 is 2.14 bits per heavy atom. The zero-order valence-corrected chi connectivity index (χ0v) is 27.5. The maximum atomic E-state index is 7.23. The molecule has 2 aliphatic rings. The molecule has 6 heteroatoms. The highest BCUT2D eigenvalue weighted by atomic mass is 28.4. The van der Waals surface area contributed by atoms with E-state index in [1.165, 1.54) is 15.9 Å². The first-order chi connectivity index (χ1) is 20.3. The molecule has 0 bridgehead atoms. The Morgan fingerprint density at radius 2 is 1.57 bits per heavy atom. The van der Waals surface area contributed by atoms with E-state index in [-0.39, 0.29) is 16.6 Å². The van der Waals surface area contributed by atoms with Crippen molar-refractivity contribution in [3.05, 3.63) is 85.0 Å². The largest absolute Gasteiger partial charge is 0.407 e. The molecule has 0 N–H and O–H groups in total. The van der Waals surface area contributed by atoms with E-state index in [2.05, 4.69) is 100 Å². The maximum absolute atomic E-state index is 7.23. The van der Waals surface area contributed by atoms with Crippen molar-refractivity contribution in [2.24, 2.45) is 17.3 Å². The lowest BCUT2D eigenvalue weighted by atomic mass is 9.58. The molecular weight excluding hydrogens is 540 g/mol. The molecule has 2 aromatic rings. The highest BCUT2D eigenvalue weighted by Crippen LogP contribution is 2.58. The fourth-order valence-corrected chi connectivity index (χ4v) is 12.4. The lowest BCUT2D eigenvalue weighted by Gasteiger charge is -2.50. The van der Waals surface area contributed by atoms with Crippen LogP contribution in [-0.4, -0.2) is 55.4 Å². The topological polar surface area (TPSA) is 46.2 Å². The van der Waals surface area contributed by atoms with Crippen molar-refractivity contribution in [3.63, 3.8) is 0 Å². The first-order valence-corrected chi connectivity index (χ1v) is 17.5. The molecule has 0 aliphatic heterocycles. The van der Waals surface area contributed by atoms with Crippen LogP contribution in [0.5, 0.6) is 0 Å². The number of fused-ring (bicyclic) bond motifs is 1. The van der Waals surface area contributed by atoms with Gasteiger partial charge in [-0.2, -0.15) is 0 Å². The van der Waals surface area contributed by atoms with Gasteiger partial charge >= 0.3 is 0 Å². The monoisotopic (exact) mass is 592 g/mol. The van der Waals surface area contributed by atoms with Gasteiger partial charge in [-0.1, -0.05) is 99.2 Å². The number of hydrogen-bond acceptors (Lipinski definition) is 5. The number of ether oxygens (including phenoxy) is 4. The Labute approximate surface area is 255 Å². The van der Waals surface area contributed by atoms with Gasteiger partial charge in [0.1, 0.15) is 13.6 Å². The van der Waals surface area contributed by atoms with Crippen molar-refractivity contribution in [3.8, 4) is 0 Å². The molecule has 3 unspecified atom stereocenters. The van der Waals surface area contributed by atoms with E-state index in [0.29, 0.717) is 32.0 Å². The standard InChI is InChI=1S/C36H52O5Si/c1-7-22-36-30(20-21-31(36)24-29(26-39-27-37-5)25-34(36)40-28-38-6)15-14-23-41-42(35(2,3)4,32-16-10-8-11-17-32)33-18-12-9-13-19-33/h7-13,16-20,29,31,34H,1,14-15,21-28H2,2-6H3/t29?,31-,34?,36?/m1/s1. The third-order valence-electron chi connectivity index (χ3n) is 9.46. The van der Waals surface area contributed by atoms with Gasteiger partial charge in [0, 0.05) is 26.2 Å². The second-order valence-electron chi connectivity index (χ2n) is 13.0. The molecule has 4 rings (SSSR count). The van der Waals surface area contributed by atoms with Gasteiger partial charge in [0.15, 0.2) is 0 Å².